The number of aromatic nitrogens is 4. The van der Waals surface area contributed by atoms with Crippen molar-refractivity contribution in [3.8, 4) is 5.88 Å². The van der Waals surface area contributed by atoms with Gasteiger partial charge in [-0.1, -0.05) is 6.07 Å². The minimum Gasteiger partial charge on any atom is -0.479 e. The van der Waals surface area contributed by atoms with E-state index in [0.717, 1.165) is 11.5 Å². The Morgan fingerprint density at radius 2 is 2.30 bits per heavy atom. The molecule has 0 aliphatic rings. The van der Waals surface area contributed by atoms with E-state index < -0.39 is 0 Å². The second-order valence-corrected chi connectivity index (χ2v) is 5.99. The number of methoxy groups -OCH3 is 1. The van der Waals surface area contributed by atoms with Crippen LogP contribution in [0.5, 0.6) is 5.88 Å². The maximum Gasteiger partial charge on any atom is 0.245 e. The zero-order chi connectivity index (χ0) is 14.1. The van der Waals surface area contributed by atoms with Crippen LogP contribution in [0.4, 0.5) is 0 Å². The van der Waals surface area contributed by atoms with E-state index in [0.29, 0.717) is 17.9 Å². The van der Waals surface area contributed by atoms with Crippen LogP contribution in [0.3, 0.4) is 0 Å². The van der Waals surface area contributed by atoms with Crippen molar-refractivity contribution in [2.24, 2.45) is 0 Å². The number of hydrogen-bond donors (Lipinski definition) is 0. The molecule has 20 heavy (non-hydrogen) atoms. The highest BCUT2D eigenvalue weighted by molar-refractivity contribution is 7.09. The standard InChI is InChI=1S/C13H13ClN4OS/c1-8(14)11-17-10-12(15-7-16-13(10)19-2)18(11)6-9-4-3-5-20-9/h3-5,7-8H,6H2,1-2H3. The Bertz CT molecular complexity index is 723. The molecule has 0 saturated carbocycles. The average molecular weight is 309 g/mol. The summed E-state index contributed by atoms with van der Waals surface area (Å²) < 4.78 is 7.26. The number of imidazole rings is 1. The minimum atomic E-state index is -0.214. The lowest BCUT2D eigenvalue weighted by molar-refractivity contribution is 0.401. The minimum absolute atomic E-state index is 0.214. The van der Waals surface area contributed by atoms with Crippen LogP contribution in [-0.4, -0.2) is 26.6 Å². The fraction of sp³-hybridized carbons (Fsp3) is 0.308. The molecule has 0 amide bonds. The lowest BCUT2D eigenvalue weighted by Crippen LogP contribution is -2.05. The molecule has 0 aliphatic carbocycles. The first-order valence-corrected chi connectivity index (χ1v) is 7.44. The van der Waals surface area contributed by atoms with Crippen LogP contribution in [0.25, 0.3) is 11.2 Å². The molecule has 0 saturated heterocycles. The number of hydrogen-bond acceptors (Lipinski definition) is 5. The maximum atomic E-state index is 6.25. The molecule has 0 radical (unpaired) electrons. The van der Waals surface area contributed by atoms with Crippen molar-refractivity contribution in [2.75, 3.05) is 7.11 Å². The van der Waals surface area contributed by atoms with Crippen LogP contribution in [0, 0.1) is 0 Å². The molecule has 3 rings (SSSR count). The Balaban J connectivity index is 2.19. The fourth-order valence-corrected chi connectivity index (χ4v) is 2.96. The van der Waals surface area contributed by atoms with Gasteiger partial charge in [-0.05, 0) is 18.4 Å². The van der Waals surface area contributed by atoms with E-state index >= 15 is 0 Å². The van der Waals surface area contributed by atoms with Crippen LogP contribution in [0.1, 0.15) is 23.0 Å². The van der Waals surface area contributed by atoms with Crippen LogP contribution < -0.4 is 4.74 Å². The summed E-state index contributed by atoms with van der Waals surface area (Å²) in [5.74, 6) is 1.24. The number of ether oxygens (including phenoxy) is 1. The van der Waals surface area contributed by atoms with Gasteiger partial charge in [0.2, 0.25) is 5.88 Å². The number of alkyl halides is 1. The lowest BCUT2D eigenvalue weighted by atomic mass is 10.4. The third-order valence-electron chi connectivity index (χ3n) is 2.97. The predicted molar refractivity (Wildman–Crippen MR) is 79.6 cm³/mol. The van der Waals surface area contributed by atoms with Gasteiger partial charge < -0.3 is 9.30 Å². The number of rotatable bonds is 4. The largest absolute Gasteiger partial charge is 0.479 e. The van der Waals surface area contributed by atoms with Crippen LogP contribution in [-0.2, 0) is 6.54 Å². The van der Waals surface area contributed by atoms with Crippen molar-refractivity contribution in [1.82, 2.24) is 19.5 Å². The first kappa shape index (κ1) is 13.3. The fourth-order valence-electron chi connectivity index (χ4n) is 2.10. The van der Waals surface area contributed by atoms with Crippen molar-refractivity contribution < 1.29 is 4.74 Å². The maximum absolute atomic E-state index is 6.25. The Morgan fingerprint density at radius 3 is 2.95 bits per heavy atom. The van der Waals surface area contributed by atoms with Gasteiger partial charge in [0.1, 0.15) is 12.2 Å². The van der Waals surface area contributed by atoms with Crippen LogP contribution in [0.2, 0.25) is 0 Å². The molecule has 3 aromatic heterocycles. The van der Waals surface area contributed by atoms with Gasteiger partial charge in [-0.25, -0.2) is 9.97 Å². The second-order valence-electron chi connectivity index (χ2n) is 4.31. The van der Waals surface area contributed by atoms with Gasteiger partial charge in [0.15, 0.2) is 11.2 Å². The van der Waals surface area contributed by atoms with E-state index in [2.05, 4.69) is 21.0 Å². The second kappa shape index (κ2) is 5.38. The highest BCUT2D eigenvalue weighted by atomic mass is 35.5. The van der Waals surface area contributed by atoms with Crippen molar-refractivity contribution in [2.45, 2.75) is 18.8 Å². The first-order valence-electron chi connectivity index (χ1n) is 6.12. The first-order chi connectivity index (χ1) is 9.70. The van der Waals surface area contributed by atoms with Gasteiger partial charge in [0.05, 0.1) is 19.0 Å². The van der Waals surface area contributed by atoms with Crippen molar-refractivity contribution in [3.63, 3.8) is 0 Å². The summed E-state index contributed by atoms with van der Waals surface area (Å²) in [4.78, 5) is 14.2. The van der Waals surface area contributed by atoms with E-state index in [1.165, 1.54) is 11.2 Å². The number of nitrogens with zero attached hydrogens (tertiary/aromatic N) is 4. The molecule has 3 aromatic rings. The zero-order valence-corrected chi connectivity index (χ0v) is 12.6. The Hall–Kier alpha value is -1.66. The van der Waals surface area contributed by atoms with Gasteiger partial charge >= 0.3 is 0 Å². The summed E-state index contributed by atoms with van der Waals surface area (Å²) in [6.07, 6.45) is 1.48. The molecule has 5 nitrogen and oxygen atoms in total. The lowest BCUT2D eigenvalue weighted by Gasteiger charge is -2.08. The van der Waals surface area contributed by atoms with Crippen molar-refractivity contribution in [3.05, 3.63) is 34.5 Å². The monoisotopic (exact) mass is 308 g/mol. The van der Waals surface area contributed by atoms with Gasteiger partial charge in [0.25, 0.3) is 0 Å². The van der Waals surface area contributed by atoms with E-state index in [1.54, 1.807) is 18.4 Å². The predicted octanol–water partition coefficient (Wildman–Crippen LogP) is 3.24. The summed E-state index contributed by atoms with van der Waals surface area (Å²) in [6.45, 7) is 2.59. The van der Waals surface area contributed by atoms with Crippen LogP contribution in [0.15, 0.2) is 23.8 Å². The third-order valence-corrected chi connectivity index (χ3v) is 4.03. The molecule has 7 heteroatoms. The van der Waals surface area contributed by atoms with E-state index in [-0.39, 0.29) is 5.38 Å². The molecule has 0 spiro atoms. The van der Waals surface area contributed by atoms with E-state index in [9.17, 15) is 0 Å². The molecule has 0 N–H and O–H groups in total. The van der Waals surface area contributed by atoms with E-state index in [4.69, 9.17) is 16.3 Å². The molecule has 0 aliphatic heterocycles. The van der Waals surface area contributed by atoms with Gasteiger partial charge in [-0.15, -0.1) is 22.9 Å². The molecule has 1 unspecified atom stereocenters. The molecule has 0 bridgehead atoms. The molecular weight excluding hydrogens is 296 g/mol. The highest BCUT2D eigenvalue weighted by Gasteiger charge is 2.19. The Labute approximate surface area is 125 Å². The number of halogens is 1. The number of thiophene rings is 1. The molecule has 0 aromatic carbocycles. The van der Waals surface area contributed by atoms with Crippen molar-refractivity contribution in [1.29, 1.82) is 0 Å². The summed E-state index contributed by atoms with van der Waals surface area (Å²) in [6, 6.07) is 4.11. The van der Waals surface area contributed by atoms with Gasteiger partial charge in [-0.3, -0.25) is 0 Å². The topological polar surface area (TPSA) is 52.8 Å². The SMILES string of the molecule is COc1ncnc2c1nc(C(C)Cl)n2Cc1cccs1. The zero-order valence-electron chi connectivity index (χ0n) is 11.1. The summed E-state index contributed by atoms with van der Waals surface area (Å²) in [5.41, 5.74) is 1.39. The highest BCUT2D eigenvalue weighted by Crippen LogP contribution is 2.28. The smallest absolute Gasteiger partial charge is 0.245 e. The molecule has 0 fully saturated rings. The third kappa shape index (κ3) is 2.25. The summed E-state index contributed by atoms with van der Waals surface area (Å²) >= 11 is 7.94. The molecule has 1 atom stereocenters. The van der Waals surface area contributed by atoms with Gasteiger partial charge in [0, 0.05) is 4.88 Å². The van der Waals surface area contributed by atoms with Crippen LogP contribution >= 0.6 is 22.9 Å². The quantitative estimate of drug-likeness (QED) is 0.694. The Kier molecular flexibility index (Phi) is 3.58. The summed E-state index contributed by atoms with van der Waals surface area (Å²) in [5, 5.41) is 1.84. The molecule has 104 valence electrons. The molecule has 3 heterocycles. The normalized spacial score (nSPS) is 12.8. The van der Waals surface area contributed by atoms with Crippen molar-refractivity contribution >= 4 is 34.1 Å². The van der Waals surface area contributed by atoms with E-state index in [1.807, 2.05) is 22.9 Å². The Morgan fingerprint density at radius 1 is 1.45 bits per heavy atom. The van der Waals surface area contributed by atoms with Gasteiger partial charge in [-0.2, -0.15) is 4.98 Å². The number of fused-ring (bicyclic) bond motifs is 1. The average Bonchev–Trinajstić information content (AvgIpc) is 3.07. The summed E-state index contributed by atoms with van der Waals surface area (Å²) in [7, 11) is 1.57. The molecular formula is C13H13ClN4OS.